The van der Waals surface area contributed by atoms with E-state index in [2.05, 4.69) is 10.3 Å². The average molecular weight is 304 g/mol. The van der Waals surface area contributed by atoms with Gasteiger partial charge in [-0.2, -0.15) is 13.2 Å². The molecule has 0 aromatic carbocycles. The van der Waals surface area contributed by atoms with Crippen LogP contribution in [0.1, 0.15) is 16.9 Å². The molecule has 2 rings (SSSR count). The zero-order valence-electron chi connectivity index (χ0n) is 10.7. The van der Waals surface area contributed by atoms with Gasteiger partial charge in [-0.25, -0.2) is 4.68 Å². The van der Waals surface area contributed by atoms with Crippen molar-refractivity contribution in [2.75, 3.05) is 13.1 Å². The zero-order chi connectivity index (χ0) is 15.6. The van der Waals surface area contributed by atoms with Crippen molar-refractivity contribution >= 4 is 11.9 Å². The molecule has 0 saturated carbocycles. The molecule has 0 radical (unpaired) electrons. The van der Waals surface area contributed by atoms with Crippen molar-refractivity contribution in [1.29, 1.82) is 0 Å². The van der Waals surface area contributed by atoms with E-state index in [1.807, 2.05) is 0 Å². The van der Waals surface area contributed by atoms with Crippen LogP contribution in [0, 0.1) is 0 Å². The Morgan fingerprint density at radius 1 is 1.38 bits per heavy atom. The van der Waals surface area contributed by atoms with Gasteiger partial charge < -0.3 is 10.0 Å². The minimum atomic E-state index is -4.38. The van der Waals surface area contributed by atoms with E-state index in [0.29, 0.717) is 0 Å². The number of rotatable bonds is 3. The maximum atomic E-state index is 12.5. The standard InChI is InChI=1S/C11H11F3N4O3/c12-11(13,14)7-1-3-17(4-2-7)10(21)8-5-18(16-15-8)6-9(19)20/h1,5H,2-4,6H2,(H,19,20). The highest BCUT2D eigenvalue weighted by atomic mass is 19.4. The fourth-order valence-corrected chi connectivity index (χ4v) is 1.89. The summed E-state index contributed by atoms with van der Waals surface area (Å²) < 4.78 is 38.4. The first-order valence-electron chi connectivity index (χ1n) is 5.95. The number of carboxylic acids is 1. The molecule has 1 N–H and O–H groups in total. The highest BCUT2D eigenvalue weighted by Gasteiger charge is 2.35. The van der Waals surface area contributed by atoms with Crippen LogP contribution in [-0.2, 0) is 11.3 Å². The fourth-order valence-electron chi connectivity index (χ4n) is 1.89. The molecule has 21 heavy (non-hydrogen) atoms. The third-order valence-corrected chi connectivity index (χ3v) is 2.92. The number of aromatic nitrogens is 3. The maximum Gasteiger partial charge on any atom is 0.412 e. The molecule has 0 aliphatic carbocycles. The predicted molar refractivity (Wildman–Crippen MR) is 62.3 cm³/mol. The van der Waals surface area contributed by atoms with Crippen LogP contribution in [0.5, 0.6) is 0 Å². The van der Waals surface area contributed by atoms with Crippen LogP contribution in [-0.4, -0.2) is 56.1 Å². The van der Waals surface area contributed by atoms with Gasteiger partial charge in [0.2, 0.25) is 0 Å². The molecular weight excluding hydrogens is 293 g/mol. The summed E-state index contributed by atoms with van der Waals surface area (Å²) in [5.41, 5.74) is -0.749. The van der Waals surface area contributed by atoms with Gasteiger partial charge in [0.25, 0.3) is 5.91 Å². The van der Waals surface area contributed by atoms with Crippen LogP contribution in [0.25, 0.3) is 0 Å². The van der Waals surface area contributed by atoms with E-state index in [4.69, 9.17) is 5.11 Å². The first-order chi connectivity index (χ1) is 9.77. The minimum absolute atomic E-state index is 0.0734. The Balaban J connectivity index is 2.03. The van der Waals surface area contributed by atoms with Crippen molar-refractivity contribution in [1.82, 2.24) is 19.9 Å². The molecule has 0 fully saturated rings. The molecule has 1 amide bonds. The fraction of sp³-hybridized carbons (Fsp3) is 0.455. The Bertz CT molecular complexity index is 594. The summed E-state index contributed by atoms with van der Waals surface area (Å²) in [6.07, 6.45) is -2.54. The number of aliphatic carboxylic acids is 1. The van der Waals surface area contributed by atoms with Crippen LogP contribution >= 0.6 is 0 Å². The first kappa shape index (κ1) is 15.0. The lowest BCUT2D eigenvalue weighted by molar-refractivity contribution is -0.137. The van der Waals surface area contributed by atoms with E-state index in [9.17, 15) is 22.8 Å². The Kier molecular flexibility index (Phi) is 3.96. The van der Waals surface area contributed by atoms with E-state index in [1.165, 1.54) is 4.90 Å². The summed E-state index contributed by atoms with van der Waals surface area (Å²) >= 11 is 0. The molecule has 0 spiro atoms. The monoisotopic (exact) mass is 304 g/mol. The number of nitrogens with zero attached hydrogens (tertiary/aromatic N) is 4. The lowest BCUT2D eigenvalue weighted by atomic mass is 10.1. The summed E-state index contributed by atoms with van der Waals surface area (Å²) in [4.78, 5) is 23.7. The zero-order valence-corrected chi connectivity index (χ0v) is 10.7. The molecule has 1 aliphatic rings. The van der Waals surface area contributed by atoms with E-state index >= 15 is 0 Å². The van der Waals surface area contributed by atoms with Gasteiger partial charge in [0.1, 0.15) is 6.54 Å². The summed E-state index contributed by atoms with van der Waals surface area (Å²) in [5.74, 6) is -1.72. The van der Waals surface area contributed by atoms with Crippen molar-refractivity contribution in [3.05, 3.63) is 23.5 Å². The Morgan fingerprint density at radius 2 is 2.10 bits per heavy atom. The van der Waals surface area contributed by atoms with Gasteiger partial charge >= 0.3 is 12.1 Å². The average Bonchev–Trinajstić information content (AvgIpc) is 2.84. The number of alkyl halides is 3. The summed E-state index contributed by atoms with van der Waals surface area (Å²) in [5, 5.41) is 15.6. The minimum Gasteiger partial charge on any atom is -0.480 e. The molecular formula is C11H11F3N4O3. The van der Waals surface area contributed by atoms with Crippen LogP contribution in [0.2, 0.25) is 0 Å². The molecule has 10 heteroatoms. The lowest BCUT2D eigenvalue weighted by Gasteiger charge is -2.26. The molecule has 2 heterocycles. The number of carbonyl (C=O) groups is 2. The highest BCUT2D eigenvalue weighted by molar-refractivity contribution is 5.92. The van der Waals surface area contributed by atoms with Gasteiger partial charge in [0, 0.05) is 18.7 Å². The third-order valence-electron chi connectivity index (χ3n) is 2.92. The molecule has 0 bridgehead atoms. The summed E-state index contributed by atoms with van der Waals surface area (Å²) in [6.45, 7) is -0.687. The van der Waals surface area contributed by atoms with Gasteiger partial charge in [-0.1, -0.05) is 11.3 Å². The molecule has 1 aromatic rings. The topological polar surface area (TPSA) is 88.3 Å². The van der Waals surface area contributed by atoms with E-state index in [0.717, 1.165) is 17.0 Å². The molecule has 7 nitrogen and oxygen atoms in total. The molecule has 0 saturated heterocycles. The van der Waals surface area contributed by atoms with E-state index < -0.39 is 30.2 Å². The number of carbonyl (C=O) groups excluding carboxylic acids is 1. The number of hydrogen-bond acceptors (Lipinski definition) is 4. The van der Waals surface area contributed by atoms with Crippen molar-refractivity contribution in [3.8, 4) is 0 Å². The SMILES string of the molecule is O=C(O)Cn1cc(C(=O)N2CC=C(C(F)(F)F)CC2)nn1. The molecule has 1 aliphatic heterocycles. The molecule has 0 unspecified atom stereocenters. The number of carboxylic acid groups (broad SMARTS) is 1. The van der Waals surface area contributed by atoms with E-state index in [-0.39, 0.29) is 25.2 Å². The Labute approximate surface area is 116 Å². The molecule has 0 atom stereocenters. The van der Waals surface area contributed by atoms with Crippen molar-refractivity contribution in [3.63, 3.8) is 0 Å². The van der Waals surface area contributed by atoms with Crippen molar-refractivity contribution in [2.45, 2.75) is 19.1 Å². The Hall–Kier alpha value is -2.39. The number of amides is 1. The highest BCUT2D eigenvalue weighted by Crippen LogP contribution is 2.30. The summed E-state index contributed by atoms with van der Waals surface area (Å²) in [6, 6.07) is 0. The smallest absolute Gasteiger partial charge is 0.412 e. The molecule has 114 valence electrons. The van der Waals surface area contributed by atoms with Gasteiger partial charge in [-0.05, 0) is 6.42 Å². The Morgan fingerprint density at radius 3 is 2.62 bits per heavy atom. The molecule has 1 aromatic heterocycles. The lowest BCUT2D eigenvalue weighted by Crippen LogP contribution is -2.37. The second-order valence-corrected chi connectivity index (χ2v) is 4.42. The van der Waals surface area contributed by atoms with Crippen LogP contribution in [0.3, 0.4) is 0 Å². The maximum absolute atomic E-state index is 12.5. The van der Waals surface area contributed by atoms with Crippen LogP contribution in [0.4, 0.5) is 13.2 Å². The van der Waals surface area contributed by atoms with Gasteiger partial charge in [-0.3, -0.25) is 9.59 Å². The largest absolute Gasteiger partial charge is 0.480 e. The van der Waals surface area contributed by atoms with Gasteiger partial charge in [-0.15, -0.1) is 5.10 Å². The summed E-state index contributed by atoms with van der Waals surface area (Å²) in [7, 11) is 0. The predicted octanol–water partition coefficient (Wildman–Crippen LogP) is 0.697. The second kappa shape index (κ2) is 5.54. The second-order valence-electron chi connectivity index (χ2n) is 4.42. The van der Waals surface area contributed by atoms with Crippen molar-refractivity contribution in [2.24, 2.45) is 0 Å². The number of halogens is 3. The van der Waals surface area contributed by atoms with Crippen molar-refractivity contribution < 1.29 is 27.9 Å². The third kappa shape index (κ3) is 3.58. The van der Waals surface area contributed by atoms with Crippen LogP contribution < -0.4 is 0 Å². The number of hydrogen-bond donors (Lipinski definition) is 1. The van der Waals surface area contributed by atoms with Gasteiger partial charge in [0.15, 0.2) is 5.69 Å². The van der Waals surface area contributed by atoms with E-state index in [1.54, 1.807) is 0 Å². The van der Waals surface area contributed by atoms with Crippen LogP contribution in [0.15, 0.2) is 17.8 Å². The normalized spacial score (nSPS) is 15.8. The van der Waals surface area contributed by atoms with Gasteiger partial charge in [0.05, 0.1) is 6.20 Å². The first-order valence-corrected chi connectivity index (χ1v) is 5.95. The quantitative estimate of drug-likeness (QED) is 0.830.